The zero-order chi connectivity index (χ0) is 21.5. The summed E-state index contributed by atoms with van der Waals surface area (Å²) in [5, 5.41) is -0.355. The SMILES string of the molecule is O=C(c1ccc(O[C@@H]2CCN(c3cnc(N4CC([SH](=O)=O)C4)nc3)C2=O)cn1)C1CC1. The molecule has 0 radical (unpaired) electrons. The third-order valence-corrected chi connectivity index (χ3v) is 6.67. The summed E-state index contributed by atoms with van der Waals surface area (Å²) in [5.41, 5.74) is 0.998. The standard InChI is InChI=1S/C20H21N5O5S/c26-18(12-1-2-12)16-4-3-14(9-21-16)30-17-5-6-25(19(17)27)13-7-22-20(23-8-13)24-10-15(11-24)31(28)29/h3-4,7-9,12,15,17,31H,1-2,5-6,10-11H2/t17-/m1/s1. The average Bonchev–Trinajstić information content (AvgIpc) is 3.52. The molecule has 4 heterocycles. The van der Waals surface area contributed by atoms with Crippen LogP contribution in [0, 0.1) is 5.92 Å². The molecule has 3 fully saturated rings. The number of ether oxygens (including phenoxy) is 1. The predicted octanol–water partition coefficient (Wildman–Crippen LogP) is 0.449. The van der Waals surface area contributed by atoms with Gasteiger partial charge >= 0.3 is 0 Å². The Kier molecular flexibility index (Phi) is 5.05. The first-order valence-electron chi connectivity index (χ1n) is 10.2. The fraction of sp³-hybridized carbons (Fsp3) is 0.450. The van der Waals surface area contributed by atoms with Gasteiger partial charge in [0.2, 0.25) is 5.95 Å². The van der Waals surface area contributed by atoms with Crippen LogP contribution in [0.4, 0.5) is 11.6 Å². The van der Waals surface area contributed by atoms with Crippen LogP contribution in [0.1, 0.15) is 29.8 Å². The molecule has 11 heteroatoms. The number of hydrogen-bond donors (Lipinski definition) is 1. The normalized spacial score (nSPS) is 21.5. The number of nitrogens with zero attached hydrogens (tertiary/aromatic N) is 5. The third-order valence-electron chi connectivity index (χ3n) is 5.75. The number of anilines is 2. The Balaban J connectivity index is 1.19. The monoisotopic (exact) mass is 443 g/mol. The Morgan fingerprint density at radius 1 is 1.03 bits per heavy atom. The Morgan fingerprint density at radius 2 is 1.77 bits per heavy atom. The number of carbonyl (C=O) groups excluding carboxylic acids is 2. The smallest absolute Gasteiger partial charge is 0.268 e. The van der Waals surface area contributed by atoms with E-state index < -0.39 is 16.8 Å². The lowest BCUT2D eigenvalue weighted by atomic mass is 10.2. The molecule has 1 saturated carbocycles. The van der Waals surface area contributed by atoms with Crippen LogP contribution in [-0.4, -0.2) is 66.0 Å². The molecule has 0 spiro atoms. The first kappa shape index (κ1) is 19.9. The van der Waals surface area contributed by atoms with E-state index >= 15 is 0 Å². The van der Waals surface area contributed by atoms with Crippen LogP contribution in [-0.2, 0) is 15.5 Å². The lowest BCUT2D eigenvalue weighted by molar-refractivity contribution is -0.122. The highest BCUT2D eigenvalue weighted by molar-refractivity contribution is 7.73. The van der Waals surface area contributed by atoms with Crippen LogP contribution < -0.4 is 14.5 Å². The average molecular weight is 443 g/mol. The highest BCUT2D eigenvalue weighted by Gasteiger charge is 2.36. The Labute approximate surface area is 180 Å². The second-order valence-electron chi connectivity index (χ2n) is 7.99. The van der Waals surface area contributed by atoms with Crippen LogP contribution >= 0.6 is 0 Å². The first-order chi connectivity index (χ1) is 15.0. The summed E-state index contributed by atoms with van der Waals surface area (Å²) in [4.78, 5) is 40.9. The Bertz CT molecular complexity index is 1070. The minimum atomic E-state index is -2.43. The van der Waals surface area contributed by atoms with Crippen molar-refractivity contribution in [1.82, 2.24) is 15.0 Å². The van der Waals surface area contributed by atoms with Gasteiger partial charge in [0.05, 0.1) is 29.5 Å². The number of carbonyl (C=O) groups is 2. The molecule has 162 valence electrons. The number of thiol groups is 1. The number of amides is 1. The van der Waals surface area contributed by atoms with E-state index in [0.29, 0.717) is 49.1 Å². The van der Waals surface area contributed by atoms with E-state index in [9.17, 15) is 18.0 Å². The minimum Gasteiger partial charge on any atom is -0.479 e. The topological polar surface area (TPSA) is 123 Å². The first-order valence-corrected chi connectivity index (χ1v) is 11.4. The van der Waals surface area contributed by atoms with Crippen molar-refractivity contribution in [3.63, 3.8) is 0 Å². The lowest BCUT2D eigenvalue weighted by Crippen LogP contribution is -2.52. The molecule has 0 N–H and O–H groups in total. The van der Waals surface area contributed by atoms with E-state index in [1.165, 1.54) is 6.20 Å². The van der Waals surface area contributed by atoms with Crippen LogP contribution in [0.2, 0.25) is 0 Å². The number of rotatable bonds is 7. The fourth-order valence-electron chi connectivity index (χ4n) is 3.70. The lowest BCUT2D eigenvalue weighted by Gasteiger charge is -2.35. The highest BCUT2D eigenvalue weighted by atomic mass is 32.2. The van der Waals surface area contributed by atoms with Crippen molar-refractivity contribution in [1.29, 1.82) is 0 Å². The van der Waals surface area contributed by atoms with Gasteiger partial charge in [-0.2, -0.15) is 0 Å². The van der Waals surface area contributed by atoms with Gasteiger partial charge in [-0.15, -0.1) is 0 Å². The zero-order valence-corrected chi connectivity index (χ0v) is 17.5. The van der Waals surface area contributed by atoms with Crippen LogP contribution in [0.3, 0.4) is 0 Å². The van der Waals surface area contributed by atoms with Gasteiger partial charge in [-0.25, -0.2) is 23.4 Å². The minimum absolute atomic E-state index is 0.0636. The summed E-state index contributed by atoms with van der Waals surface area (Å²) in [6.45, 7) is 1.24. The van der Waals surface area contributed by atoms with Gasteiger partial charge < -0.3 is 14.5 Å². The molecule has 10 nitrogen and oxygen atoms in total. The molecule has 1 atom stereocenters. The predicted molar refractivity (Wildman–Crippen MR) is 111 cm³/mol. The second kappa shape index (κ2) is 7.88. The van der Waals surface area contributed by atoms with E-state index in [1.807, 2.05) is 0 Å². The maximum atomic E-state index is 12.8. The van der Waals surface area contributed by atoms with Crippen molar-refractivity contribution < 1.29 is 22.7 Å². The Hall–Kier alpha value is -3.08. The third kappa shape index (κ3) is 3.97. The molecule has 5 rings (SSSR count). The number of hydrogen-bond acceptors (Lipinski definition) is 9. The number of aromatic nitrogens is 3. The van der Waals surface area contributed by atoms with Crippen molar-refractivity contribution in [3.05, 3.63) is 36.4 Å². The second-order valence-corrected chi connectivity index (χ2v) is 9.29. The van der Waals surface area contributed by atoms with Gasteiger partial charge in [0, 0.05) is 32.0 Å². The van der Waals surface area contributed by atoms with Crippen molar-refractivity contribution in [3.8, 4) is 5.75 Å². The molecule has 2 saturated heterocycles. The quantitative estimate of drug-likeness (QED) is 0.480. The molecule has 2 aromatic rings. The van der Waals surface area contributed by atoms with E-state index in [4.69, 9.17) is 4.74 Å². The van der Waals surface area contributed by atoms with Crippen LogP contribution in [0.5, 0.6) is 5.75 Å². The van der Waals surface area contributed by atoms with Crippen molar-refractivity contribution in [2.45, 2.75) is 30.6 Å². The van der Waals surface area contributed by atoms with E-state index in [-0.39, 0.29) is 22.9 Å². The molecular formula is C20H21N5O5S. The largest absolute Gasteiger partial charge is 0.479 e. The summed E-state index contributed by atoms with van der Waals surface area (Å²) in [5.74, 6) is 0.874. The summed E-state index contributed by atoms with van der Waals surface area (Å²) in [7, 11) is -2.43. The van der Waals surface area contributed by atoms with Crippen LogP contribution in [0.15, 0.2) is 30.7 Å². The van der Waals surface area contributed by atoms with Gasteiger partial charge in [0.15, 0.2) is 11.9 Å². The fourth-order valence-corrected chi connectivity index (χ4v) is 4.36. The van der Waals surface area contributed by atoms with Gasteiger partial charge in [-0.05, 0) is 25.0 Å². The molecule has 0 bridgehead atoms. The number of pyridine rings is 1. The van der Waals surface area contributed by atoms with Gasteiger partial charge in [0.25, 0.3) is 5.91 Å². The molecule has 0 aromatic carbocycles. The van der Waals surface area contributed by atoms with Crippen molar-refractivity contribution >= 4 is 34.0 Å². The van der Waals surface area contributed by atoms with Crippen molar-refractivity contribution in [2.75, 3.05) is 29.4 Å². The summed E-state index contributed by atoms with van der Waals surface area (Å²) < 4.78 is 27.7. The highest BCUT2D eigenvalue weighted by Crippen LogP contribution is 2.32. The molecule has 3 aliphatic rings. The van der Waals surface area contributed by atoms with E-state index in [2.05, 4.69) is 15.0 Å². The maximum absolute atomic E-state index is 12.8. The molecule has 2 aliphatic heterocycles. The van der Waals surface area contributed by atoms with Gasteiger partial charge in [-0.3, -0.25) is 9.59 Å². The van der Waals surface area contributed by atoms with Gasteiger partial charge in [0.1, 0.15) is 22.1 Å². The van der Waals surface area contributed by atoms with Crippen LogP contribution in [0.25, 0.3) is 0 Å². The molecular weight excluding hydrogens is 422 g/mol. The molecule has 1 amide bonds. The summed E-state index contributed by atoms with van der Waals surface area (Å²) in [6.07, 6.45) is 6.33. The maximum Gasteiger partial charge on any atom is 0.268 e. The number of Topliss-reactive ketones (excluding diaryl/α,β-unsaturated/α-hetero) is 1. The molecule has 1 aliphatic carbocycles. The molecule has 0 unspecified atom stereocenters. The van der Waals surface area contributed by atoms with Gasteiger partial charge in [-0.1, -0.05) is 0 Å². The van der Waals surface area contributed by atoms with Crippen molar-refractivity contribution in [2.24, 2.45) is 5.92 Å². The zero-order valence-electron chi connectivity index (χ0n) is 16.6. The van der Waals surface area contributed by atoms with E-state index in [1.54, 1.807) is 34.3 Å². The summed E-state index contributed by atoms with van der Waals surface area (Å²) >= 11 is 0. The number of ketones is 1. The molecule has 2 aromatic heterocycles. The molecule has 31 heavy (non-hydrogen) atoms. The summed E-state index contributed by atoms with van der Waals surface area (Å²) in [6, 6.07) is 3.32. The van der Waals surface area contributed by atoms with E-state index in [0.717, 1.165) is 12.8 Å². The Morgan fingerprint density at radius 3 is 2.39 bits per heavy atom.